The molecule has 0 atom stereocenters. The number of rotatable bonds is 5. The molecule has 0 saturated carbocycles. The molecule has 0 aliphatic carbocycles. The third kappa shape index (κ3) is 3.94. The Hall–Kier alpha value is -2.63. The van der Waals surface area contributed by atoms with Crippen molar-refractivity contribution in [3.8, 4) is 5.75 Å². The number of nitrogens with one attached hydrogen (secondary N) is 1. The van der Waals surface area contributed by atoms with E-state index in [-0.39, 0.29) is 12.4 Å². The minimum atomic E-state index is -0.416. The van der Waals surface area contributed by atoms with Gasteiger partial charge in [0.05, 0.1) is 6.26 Å². The number of hydrogen-bond acceptors (Lipinski definition) is 4. The Bertz CT molecular complexity index is 591. The summed E-state index contributed by atoms with van der Waals surface area (Å²) in [5.41, 5.74) is 2.89. The van der Waals surface area contributed by atoms with Crippen LogP contribution in [0, 0.1) is 5.82 Å². The lowest BCUT2D eigenvalue weighted by Gasteiger charge is -2.05. The van der Waals surface area contributed by atoms with Gasteiger partial charge in [-0.15, -0.1) is 0 Å². The fourth-order valence-electron chi connectivity index (χ4n) is 1.40. The van der Waals surface area contributed by atoms with Crippen LogP contribution < -0.4 is 10.2 Å². The lowest BCUT2D eigenvalue weighted by molar-refractivity contribution is -0.123. The van der Waals surface area contributed by atoms with Crippen molar-refractivity contribution in [2.75, 3.05) is 6.61 Å². The summed E-state index contributed by atoms with van der Waals surface area (Å²) in [5.74, 6) is 0.207. The van der Waals surface area contributed by atoms with E-state index in [1.165, 1.54) is 30.5 Å². The predicted molar refractivity (Wildman–Crippen MR) is 71.0 cm³/mol. The van der Waals surface area contributed by atoms with Crippen LogP contribution in [-0.2, 0) is 4.79 Å². The largest absolute Gasteiger partial charge is 0.484 e. The van der Waals surface area contributed by atoms with Crippen molar-refractivity contribution >= 4 is 11.6 Å². The second-order valence-corrected chi connectivity index (χ2v) is 3.95. The van der Waals surface area contributed by atoms with E-state index in [2.05, 4.69) is 10.5 Å². The number of amides is 1. The van der Waals surface area contributed by atoms with Gasteiger partial charge in [0.1, 0.15) is 23.0 Å². The molecule has 0 bridgehead atoms. The van der Waals surface area contributed by atoms with E-state index in [0.29, 0.717) is 17.2 Å². The van der Waals surface area contributed by atoms with Gasteiger partial charge in [-0.3, -0.25) is 4.79 Å². The van der Waals surface area contributed by atoms with Crippen molar-refractivity contribution in [3.05, 3.63) is 54.2 Å². The second-order valence-electron chi connectivity index (χ2n) is 3.95. The molecule has 2 aromatic rings. The number of carbonyl (C=O) groups excluding carboxylic acids is 1. The highest BCUT2D eigenvalue weighted by Gasteiger charge is 2.04. The zero-order chi connectivity index (χ0) is 14.4. The Morgan fingerprint density at radius 1 is 1.35 bits per heavy atom. The van der Waals surface area contributed by atoms with E-state index >= 15 is 0 Å². The highest BCUT2D eigenvalue weighted by Crippen LogP contribution is 2.10. The third-order valence-corrected chi connectivity index (χ3v) is 2.41. The SMILES string of the molecule is C/C(=N\NC(=O)COc1ccc(F)cc1)c1ccco1. The fourth-order valence-corrected chi connectivity index (χ4v) is 1.40. The summed E-state index contributed by atoms with van der Waals surface area (Å²) in [4.78, 5) is 11.5. The molecule has 0 saturated heterocycles. The second kappa shape index (κ2) is 6.51. The number of benzene rings is 1. The molecule has 6 heteroatoms. The molecule has 0 unspecified atom stereocenters. The molecule has 104 valence electrons. The number of nitrogens with zero attached hydrogens (tertiary/aromatic N) is 1. The van der Waals surface area contributed by atoms with Crippen LogP contribution in [0.25, 0.3) is 0 Å². The van der Waals surface area contributed by atoms with E-state index < -0.39 is 5.91 Å². The maximum atomic E-state index is 12.7. The summed E-state index contributed by atoms with van der Waals surface area (Å²) < 4.78 is 23.0. The molecule has 0 fully saturated rings. The molecular formula is C14H13FN2O3. The molecule has 0 aliphatic heterocycles. The number of halogens is 1. The van der Waals surface area contributed by atoms with Gasteiger partial charge in [-0.2, -0.15) is 5.10 Å². The smallest absolute Gasteiger partial charge is 0.277 e. The third-order valence-electron chi connectivity index (χ3n) is 2.41. The van der Waals surface area contributed by atoms with Crippen LogP contribution in [-0.4, -0.2) is 18.2 Å². The quantitative estimate of drug-likeness (QED) is 0.673. The molecule has 0 spiro atoms. The fraction of sp³-hybridized carbons (Fsp3) is 0.143. The Morgan fingerprint density at radius 2 is 2.10 bits per heavy atom. The zero-order valence-electron chi connectivity index (χ0n) is 10.8. The molecule has 2 rings (SSSR count). The summed E-state index contributed by atoms with van der Waals surface area (Å²) in [6.45, 7) is 1.50. The van der Waals surface area contributed by atoms with E-state index in [0.717, 1.165) is 0 Å². The van der Waals surface area contributed by atoms with Crippen LogP contribution >= 0.6 is 0 Å². The first-order valence-corrected chi connectivity index (χ1v) is 5.90. The topological polar surface area (TPSA) is 63.8 Å². The van der Waals surface area contributed by atoms with Crippen LogP contribution in [0.5, 0.6) is 5.75 Å². The van der Waals surface area contributed by atoms with Gasteiger partial charge in [-0.1, -0.05) is 0 Å². The van der Waals surface area contributed by atoms with Gasteiger partial charge in [-0.05, 0) is 43.3 Å². The monoisotopic (exact) mass is 276 g/mol. The maximum Gasteiger partial charge on any atom is 0.277 e. The van der Waals surface area contributed by atoms with Crippen LogP contribution in [0.1, 0.15) is 12.7 Å². The Labute approximate surface area is 115 Å². The molecule has 1 heterocycles. The molecule has 20 heavy (non-hydrogen) atoms. The summed E-state index contributed by atoms with van der Waals surface area (Å²) in [6, 6.07) is 8.87. The van der Waals surface area contributed by atoms with Crippen molar-refractivity contribution in [1.82, 2.24) is 5.43 Å². The van der Waals surface area contributed by atoms with Crippen molar-refractivity contribution in [2.45, 2.75) is 6.92 Å². The van der Waals surface area contributed by atoms with Gasteiger partial charge in [0.25, 0.3) is 5.91 Å². The molecule has 5 nitrogen and oxygen atoms in total. The lowest BCUT2D eigenvalue weighted by Crippen LogP contribution is -2.25. The van der Waals surface area contributed by atoms with E-state index in [1.54, 1.807) is 19.1 Å². The standard InChI is InChI=1S/C14H13FN2O3/c1-10(13-3-2-8-19-13)16-17-14(18)9-20-12-6-4-11(15)5-7-12/h2-8H,9H2,1H3,(H,17,18)/b16-10+. The highest BCUT2D eigenvalue weighted by atomic mass is 19.1. The minimum absolute atomic E-state index is 0.208. The van der Waals surface area contributed by atoms with Gasteiger partial charge in [-0.25, -0.2) is 9.82 Å². The van der Waals surface area contributed by atoms with E-state index in [1.807, 2.05) is 0 Å². The molecule has 1 aromatic carbocycles. The van der Waals surface area contributed by atoms with Crippen LogP contribution in [0.15, 0.2) is 52.2 Å². The van der Waals surface area contributed by atoms with Crippen LogP contribution in [0.3, 0.4) is 0 Å². The molecule has 1 N–H and O–H groups in total. The van der Waals surface area contributed by atoms with Crippen molar-refractivity contribution in [2.24, 2.45) is 5.10 Å². The Kier molecular flexibility index (Phi) is 4.49. The lowest BCUT2D eigenvalue weighted by atomic mass is 10.3. The normalized spacial score (nSPS) is 11.2. The van der Waals surface area contributed by atoms with Gasteiger partial charge in [0.15, 0.2) is 6.61 Å². The van der Waals surface area contributed by atoms with E-state index in [9.17, 15) is 9.18 Å². The molecule has 0 radical (unpaired) electrons. The molecule has 0 aliphatic rings. The van der Waals surface area contributed by atoms with Crippen LogP contribution in [0.4, 0.5) is 4.39 Å². The summed E-state index contributed by atoms with van der Waals surface area (Å²) in [5, 5.41) is 3.88. The Morgan fingerprint density at radius 3 is 2.75 bits per heavy atom. The van der Waals surface area contributed by atoms with Gasteiger partial charge >= 0.3 is 0 Å². The number of carbonyl (C=O) groups is 1. The van der Waals surface area contributed by atoms with Crippen LogP contribution in [0.2, 0.25) is 0 Å². The summed E-state index contributed by atoms with van der Waals surface area (Å²) in [7, 11) is 0. The Balaban J connectivity index is 1.81. The number of ether oxygens (including phenoxy) is 1. The van der Waals surface area contributed by atoms with E-state index in [4.69, 9.17) is 9.15 Å². The van der Waals surface area contributed by atoms with Crippen molar-refractivity contribution in [3.63, 3.8) is 0 Å². The van der Waals surface area contributed by atoms with Crippen molar-refractivity contribution < 1.29 is 18.3 Å². The summed E-state index contributed by atoms with van der Waals surface area (Å²) >= 11 is 0. The first-order chi connectivity index (χ1) is 9.65. The first kappa shape index (κ1) is 13.8. The first-order valence-electron chi connectivity index (χ1n) is 5.90. The predicted octanol–water partition coefficient (Wildman–Crippen LogP) is 2.34. The molecule has 1 amide bonds. The molecule has 1 aromatic heterocycles. The van der Waals surface area contributed by atoms with Gasteiger partial charge in [0.2, 0.25) is 0 Å². The molecular weight excluding hydrogens is 263 g/mol. The average molecular weight is 276 g/mol. The summed E-state index contributed by atoms with van der Waals surface area (Å²) in [6.07, 6.45) is 1.52. The zero-order valence-corrected chi connectivity index (χ0v) is 10.8. The van der Waals surface area contributed by atoms with Gasteiger partial charge in [0, 0.05) is 0 Å². The number of hydrogen-bond donors (Lipinski definition) is 1. The highest BCUT2D eigenvalue weighted by molar-refractivity contribution is 5.96. The van der Waals surface area contributed by atoms with Crippen molar-refractivity contribution in [1.29, 1.82) is 0 Å². The minimum Gasteiger partial charge on any atom is -0.484 e. The van der Waals surface area contributed by atoms with Gasteiger partial charge < -0.3 is 9.15 Å². The maximum absolute atomic E-state index is 12.7. The number of hydrazone groups is 1. The average Bonchev–Trinajstić information content (AvgIpc) is 2.98. The number of furan rings is 1.